The second kappa shape index (κ2) is 5.91. The lowest BCUT2D eigenvalue weighted by atomic mass is 9.86. The van der Waals surface area contributed by atoms with E-state index in [9.17, 15) is 4.79 Å². The lowest BCUT2D eigenvalue weighted by Crippen LogP contribution is -2.24. The Morgan fingerprint density at radius 2 is 1.50 bits per heavy atom. The van der Waals surface area contributed by atoms with E-state index in [-0.39, 0.29) is 0 Å². The molecule has 2 aromatic rings. The van der Waals surface area contributed by atoms with E-state index < -0.39 is 11.4 Å². The summed E-state index contributed by atoms with van der Waals surface area (Å²) in [5.74, 6) is -0.738. The highest BCUT2D eigenvalue weighted by molar-refractivity contribution is 5.73. The molecule has 0 heterocycles. The molecule has 0 unspecified atom stereocenters. The third-order valence-electron chi connectivity index (χ3n) is 3.68. The van der Waals surface area contributed by atoms with Gasteiger partial charge in [-0.05, 0) is 43.4 Å². The van der Waals surface area contributed by atoms with Crippen molar-refractivity contribution in [1.29, 1.82) is 0 Å². The number of benzene rings is 2. The highest BCUT2D eigenvalue weighted by Crippen LogP contribution is 2.24. The maximum atomic E-state index is 11.1. The molecule has 0 saturated heterocycles. The predicted octanol–water partition coefficient (Wildman–Crippen LogP) is 4.40. The monoisotopic (exact) mass is 268 g/mol. The third-order valence-corrected chi connectivity index (χ3v) is 3.68. The number of carboxylic acid groups (broad SMARTS) is 1. The van der Waals surface area contributed by atoms with E-state index in [0.717, 1.165) is 6.42 Å². The molecule has 104 valence electrons. The summed E-state index contributed by atoms with van der Waals surface area (Å²) in [5, 5.41) is 9.11. The summed E-state index contributed by atoms with van der Waals surface area (Å²) in [5.41, 5.74) is 2.90. The van der Waals surface area contributed by atoms with Gasteiger partial charge in [-0.1, -0.05) is 54.6 Å². The van der Waals surface area contributed by atoms with Gasteiger partial charge in [-0.25, -0.2) is 0 Å². The standard InChI is InChI=1S/C18H20O2/c1-18(2,17(19)20)13-12-14-8-10-16(11-9-14)15-6-4-3-5-7-15/h3-11H,12-13H2,1-2H3,(H,19,20). The predicted molar refractivity (Wildman–Crippen MR) is 81.6 cm³/mol. The van der Waals surface area contributed by atoms with Gasteiger partial charge in [0.25, 0.3) is 0 Å². The maximum Gasteiger partial charge on any atom is 0.309 e. The normalized spacial score (nSPS) is 11.3. The fourth-order valence-electron chi connectivity index (χ4n) is 2.06. The zero-order valence-corrected chi connectivity index (χ0v) is 12.0. The van der Waals surface area contributed by atoms with Crippen molar-refractivity contribution in [2.75, 3.05) is 0 Å². The van der Waals surface area contributed by atoms with Crippen molar-refractivity contribution in [2.45, 2.75) is 26.7 Å². The average Bonchev–Trinajstić information content (AvgIpc) is 2.46. The Kier molecular flexibility index (Phi) is 4.23. The van der Waals surface area contributed by atoms with Crippen molar-refractivity contribution < 1.29 is 9.90 Å². The van der Waals surface area contributed by atoms with Crippen LogP contribution < -0.4 is 0 Å². The molecular formula is C18H20O2. The van der Waals surface area contributed by atoms with Crippen LogP contribution in [0.5, 0.6) is 0 Å². The molecule has 1 N–H and O–H groups in total. The number of rotatable bonds is 5. The van der Waals surface area contributed by atoms with Gasteiger partial charge in [0.05, 0.1) is 5.41 Å². The third kappa shape index (κ3) is 3.47. The van der Waals surface area contributed by atoms with Gasteiger partial charge in [-0.15, -0.1) is 0 Å². The molecule has 0 aliphatic rings. The summed E-state index contributed by atoms with van der Waals surface area (Å²) in [6, 6.07) is 18.6. The number of carboxylic acids is 1. The Labute approximate surface area is 120 Å². The molecule has 0 amide bonds. The molecule has 0 aliphatic heterocycles. The fraction of sp³-hybridized carbons (Fsp3) is 0.278. The van der Waals surface area contributed by atoms with Crippen molar-refractivity contribution in [1.82, 2.24) is 0 Å². The first-order valence-corrected chi connectivity index (χ1v) is 6.87. The molecular weight excluding hydrogens is 248 g/mol. The van der Waals surface area contributed by atoms with Crippen molar-refractivity contribution in [3.8, 4) is 11.1 Å². The van der Waals surface area contributed by atoms with Crippen LogP contribution in [0.25, 0.3) is 11.1 Å². The van der Waals surface area contributed by atoms with Gasteiger partial charge in [0.15, 0.2) is 0 Å². The van der Waals surface area contributed by atoms with E-state index in [0.29, 0.717) is 6.42 Å². The molecule has 0 bridgehead atoms. The molecule has 2 rings (SSSR count). The number of aryl methyl sites for hydroxylation is 1. The first-order chi connectivity index (χ1) is 9.49. The molecule has 0 aromatic heterocycles. The number of carbonyl (C=O) groups is 1. The minimum atomic E-state index is -0.738. The van der Waals surface area contributed by atoms with E-state index in [1.165, 1.54) is 16.7 Å². The van der Waals surface area contributed by atoms with Gasteiger partial charge in [-0.3, -0.25) is 4.79 Å². The highest BCUT2D eigenvalue weighted by Gasteiger charge is 2.26. The Bertz CT molecular complexity index is 568. The lowest BCUT2D eigenvalue weighted by molar-refractivity contribution is -0.147. The molecule has 0 radical (unpaired) electrons. The van der Waals surface area contributed by atoms with E-state index in [1.54, 1.807) is 13.8 Å². The quantitative estimate of drug-likeness (QED) is 0.872. The van der Waals surface area contributed by atoms with Gasteiger partial charge >= 0.3 is 5.97 Å². The van der Waals surface area contributed by atoms with Crippen LogP contribution in [0.15, 0.2) is 54.6 Å². The Hall–Kier alpha value is -2.09. The molecule has 0 spiro atoms. The Morgan fingerprint density at radius 3 is 2.05 bits per heavy atom. The molecule has 2 heteroatoms. The number of aliphatic carboxylic acids is 1. The Balaban J connectivity index is 2.04. The Morgan fingerprint density at radius 1 is 0.950 bits per heavy atom. The minimum absolute atomic E-state index is 0.646. The molecule has 20 heavy (non-hydrogen) atoms. The summed E-state index contributed by atoms with van der Waals surface area (Å²) >= 11 is 0. The smallest absolute Gasteiger partial charge is 0.309 e. The number of hydrogen-bond donors (Lipinski definition) is 1. The van der Waals surface area contributed by atoms with E-state index in [4.69, 9.17) is 5.11 Å². The van der Waals surface area contributed by atoms with Crippen molar-refractivity contribution in [2.24, 2.45) is 5.41 Å². The molecule has 2 aromatic carbocycles. The van der Waals surface area contributed by atoms with Gasteiger partial charge < -0.3 is 5.11 Å². The zero-order chi connectivity index (χ0) is 14.6. The van der Waals surface area contributed by atoms with Crippen LogP contribution in [0, 0.1) is 5.41 Å². The summed E-state index contributed by atoms with van der Waals surface area (Å²) in [4.78, 5) is 11.1. The fourth-order valence-corrected chi connectivity index (χ4v) is 2.06. The number of hydrogen-bond acceptors (Lipinski definition) is 1. The summed E-state index contributed by atoms with van der Waals surface area (Å²) in [6.45, 7) is 3.54. The van der Waals surface area contributed by atoms with Crippen LogP contribution in [-0.2, 0) is 11.2 Å². The van der Waals surface area contributed by atoms with Crippen LogP contribution in [0.2, 0.25) is 0 Å². The van der Waals surface area contributed by atoms with Crippen LogP contribution in [0.4, 0.5) is 0 Å². The zero-order valence-electron chi connectivity index (χ0n) is 12.0. The van der Waals surface area contributed by atoms with E-state index in [1.807, 2.05) is 18.2 Å². The summed E-state index contributed by atoms with van der Waals surface area (Å²) < 4.78 is 0. The van der Waals surface area contributed by atoms with Gasteiger partial charge in [0, 0.05) is 0 Å². The average molecular weight is 268 g/mol. The lowest BCUT2D eigenvalue weighted by Gasteiger charge is -2.18. The molecule has 2 nitrogen and oxygen atoms in total. The minimum Gasteiger partial charge on any atom is -0.481 e. The molecule has 0 fully saturated rings. The van der Waals surface area contributed by atoms with Crippen LogP contribution in [-0.4, -0.2) is 11.1 Å². The van der Waals surface area contributed by atoms with Crippen LogP contribution in [0.1, 0.15) is 25.8 Å². The molecule has 0 saturated carbocycles. The molecule has 0 aliphatic carbocycles. The second-order valence-corrected chi connectivity index (χ2v) is 5.75. The van der Waals surface area contributed by atoms with Gasteiger partial charge in [0.2, 0.25) is 0 Å². The van der Waals surface area contributed by atoms with Crippen LogP contribution in [0.3, 0.4) is 0 Å². The molecule has 0 atom stereocenters. The summed E-state index contributed by atoms with van der Waals surface area (Å²) in [6.07, 6.45) is 1.43. The van der Waals surface area contributed by atoms with Gasteiger partial charge in [0.1, 0.15) is 0 Å². The van der Waals surface area contributed by atoms with Crippen molar-refractivity contribution in [3.05, 3.63) is 60.2 Å². The largest absolute Gasteiger partial charge is 0.481 e. The first kappa shape index (κ1) is 14.3. The topological polar surface area (TPSA) is 37.3 Å². The van der Waals surface area contributed by atoms with E-state index >= 15 is 0 Å². The summed E-state index contributed by atoms with van der Waals surface area (Å²) in [7, 11) is 0. The van der Waals surface area contributed by atoms with E-state index in [2.05, 4.69) is 36.4 Å². The SMILES string of the molecule is CC(C)(CCc1ccc(-c2ccccc2)cc1)C(=O)O. The highest BCUT2D eigenvalue weighted by atomic mass is 16.4. The van der Waals surface area contributed by atoms with Crippen molar-refractivity contribution in [3.63, 3.8) is 0 Å². The van der Waals surface area contributed by atoms with Crippen molar-refractivity contribution >= 4 is 5.97 Å². The van der Waals surface area contributed by atoms with Gasteiger partial charge in [-0.2, -0.15) is 0 Å². The first-order valence-electron chi connectivity index (χ1n) is 6.87. The van der Waals surface area contributed by atoms with Crippen LogP contribution >= 0.6 is 0 Å². The second-order valence-electron chi connectivity index (χ2n) is 5.75. The maximum absolute atomic E-state index is 11.1.